The van der Waals surface area contributed by atoms with Crippen LogP contribution < -0.4 is 20.1 Å². The Morgan fingerprint density at radius 3 is 2.81 bits per heavy atom. The van der Waals surface area contributed by atoms with Gasteiger partial charge in [0.15, 0.2) is 0 Å². The van der Waals surface area contributed by atoms with Crippen LogP contribution in [0.25, 0.3) is 0 Å². The maximum Gasteiger partial charge on any atom is 0.220 e. The van der Waals surface area contributed by atoms with E-state index < -0.39 is 0 Å². The maximum atomic E-state index is 11.9. The van der Waals surface area contributed by atoms with E-state index in [1.165, 1.54) is 0 Å². The van der Waals surface area contributed by atoms with Crippen molar-refractivity contribution in [2.75, 3.05) is 27.3 Å². The second-order valence-electron chi connectivity index (χ2n) is 4.94. The van der Waals surface area contributed by atoms with Gasteiger partial charge in [0.25, 0.3) is 0 Å². The number of carbonyl (C=O) groups excluding carboxylic acids is 1. The van der Waals surface area contributed by atoms with Gasteiger partial charge in [0, 0.05) is 19.0 Å². The van der Waals surface area contributed by atoms with Gasteiger partial charge in [0.05, 0.1) is 14.2 Å². The van der Waals surface area contributed by atoms with Crippen molar-refractivity contribution in [3.63, 3.8) is 0 Å². The smallest absolute Gasteiger partial charge is 0.220 e. The minimum absolute atomic E-state index is 0. The van der Waals surface area contributed by atoms with Gasteiger partial charge in [-0.2, -0.15) is 0 Å². The zero-order valence-corrected chi connectivity index (χ0v) is 13.3. The lowest BCUT2D eigenvalue weighted by Crippen LogP contribution is -2.36. The molecule has 1 amide bonds. The minimum atomic E-state index is 0. The van der Waals surface area contributed by atoms with Crippen LogP contribution in [0.1, 0.15) is 18.4 Å². The second-order valence-corrected chi connectivity index (χ2v) is 4.94. The number of amides is 1. The molecule has 2 N–H and O–H groups in total. The van der Waals surface area contributed by atoms with E-state index in [1.54, 1.807) is 14.2 Å². The Bertz CT molecular complexity index is 462. The molecule has 1 aliphatic rings. The number of nitrogens with one attached hydrogen (secondary N) is 2. The van der Waals surface area contributed by atoms with Crippen molar-refractivity contribution in [3.05, 3.63) is 23.8 Å². The molecule has 0 spiro atoms. The van der Waals surface area contributed by atoms with Gasteiger partial charge in [-0.3, -0.25) is 4.79 Å². The van der Waals surface area contributed by atoms with Crippen LogP contribution >= 0.6 is 12.4 Å². The molecule has 5 nitrogen and oxygen atoms in total. The summed E-state index contributed by atoms with van der Waals surface area (Å²) in [4.78, 5) is 11.9. The number of halogens is 1. The lowest BCUT2D eigenvalue weighted by molar-refractivity contribution is -0.121. The standard InChI is InChI=1S/C15H22N2O3.ClH/c1-19-13-4-5-14(20-2)11(9-13)3-6-15(18)17-12-7-8-16-10-12;/h4-5,9,12,16H,3,6-8,10H2,1-2H3,(H,17,18);1H. The summed E-state index contributed by atoms with van der Waals surface area (Å²) < 4.78 is 10.5. The van der Waals surface area contributed by atoms with Crippen LogP contribution in [0.3, 0.4) is 0 Å². The summed E-state index contributed by atoms with van der Waals surface area (Å²) in [5.74, 6) is 1.66. The molecule has 1 unspecified atom stereocenters. The first-order valence-corrected chi connectivity index (χ1v) is 6.94. The normalized spacial score (nSPS) is 17.0. The van der Waals surface area contributed by atoms with Crippen LogP contribution in [-0.2, 0) is 11.2 Å². The van der Waals surface area contributed by atoms with E-state index in [4.69, 9.17) is 9.47 Å². The van der Waals surface area contributed by atoms with E-state index in [0.717, 1.165) is 36.6 Å². The Kier molecular flexibility index (Phi) is 7.32. The van der Waals surface area contributed by atoms with E-state index in [-0.39, 0.29) is 24.4 Å². The zero-order chi connectivity index (χ0) is 14.4. The summed E-state index contributed by atoms with van der Waals surface area (Å²) in [6.45, 7) is 1.85. The molecule has 6 heteroatoms. The van der Waals surface area contributed by atoms with Gasteiger partial charge < -0.3 is 20.1 Å². The van der Waals surface area contributed by atoms with Gasteiger partial charge in [-0.05, 0) is 43.1 Å². The molecule has 1 fully saturated rings. The van der Waals surface area contributed by atoms with Crippen LogP contribution in [0.2, 0.25) is 0 Å². The molecule has 1 aromatic rings. The molecule has 0 aromatic heterocycles. The lowest BCUT2D eigenvalue weighted by atomic mass is 10.1. The molecule has 0 radical (unpaired) electrons. The number of hydrogen-bond donors (Lipinski definition) is 2. The summed E-state index contributed by atoms with van der Waals surface area (Å²) in [5.41, 5.74) is 0.992. The van der Waals surface area contributed by atoms with E-state index in [1.807, 2.05) is 18.2 Å². The van der Waals surface area contributed by atoms with Gasteiger partial charge in [-0.15, -0.1) is 12.4 Å². The molecule has 0 aliphatic carbocycles. The molecular weight excluding hydrogens is 292 g/mol. The van der Waals surface area contributed by atoms with Gasteiger partial charge >= 0.3 is 0 Å². The molecular formula is C15H23ClN2O3. The first kappa shape index (κ1) is 17.6. The Morgan fingerprint density at radius 1 is 1.38 bits per heavy atom. The molecule has 0 saturated carbocycles. The summed E-state index contributed by atoms with van der Waals surface area (Å²) in [5, 5.41) is 6.28. The SMILES string of the molecule is COc1ccc(OC)c(CCC(=O)NC2CCNC2)c1.Cl. The molecule has 1 heterocycles. The van der Waals surface area contributed by atoms with Gasteiger partial charge in [-0.25, -0.2) is 0 Å². The third kappa shape index (κ3) is 5.10. The highest BCUT2D eigenvalue weighted by Gasteiger charge is 2.16. The third-order valence-electron chi connectivity index (χ3n) is 3.53. The molecule has 2 rings (SSSR count). The van der Waals surface area contributed by atoms with Crippen molar-refractivity contribution in [3.8, 4) is 11.5 Å². The number of aryl methyl sites for hydroxylation is 1. The van der Waals surface area contributed by atoms with Crippen molar-refractivity contribution in [2.24, 2.45) is 0 Å². The fourth-order valence-electron chi connectivity index (χ4n) is 2.40. The number of hydrogen-bond acceptors (Lipinski definition) is 4. The molecule has 0 bridgehead atoms. The van der Waals surface area contributed by atoms with Gasteiger partial charge in [-0.1, -0.05) is 0 Å². The van der Waals surface area contributed by atoms with E-state index in [2.05, 4.69) is 10.6 Å². The summed E-state index contributed by atoms with van der Waals surface area (Å²) in [6.07, 6.45) is 2.11. The quantitative estimate of drug-likeness (QED) is 0.836. The van der Waals surface area contributed by atoms with Gasteiger partial charge in [0.1, 0.15) is 11.5 Å². The predicted octanol–water partition coefficient (Wildman–Crippen LogP) is 1.54. The Morgan fingerprint density at radius 2 is 2.19 bits per heavy atom. The Labute approximate surface area is 131 Å². The lowest BCUT2D eigenvalue weighted by Gasteiger charge is -2.13. The van der Waals surface area contributed by atoms with Crippen LogP contribution in [0.5, 0.6) is 11.5 Å². The third-order valence-corrected chi connectivity index (χ3v) is 3.53. The van der Waals surface area contributed by atoms with Crippen molar-refractivity contribution in [1.29, 1.82) is 0 Å². The Balaban J connectivity index is 0.00000220. The van der Waals surface area contributed by atoms with E-state index >= 15 is 0 Å². The highest BCUT2D eigenvalue weighted by atomic mass is 35.5. The first-order chi connectivity index (χ1) is 9.72. The highest BCUT2D eigenvalue weighted by Crippen LogP contribution is 2.25. The largest absolute Gasteiger partial charge is 0.497 e. The monoisotopic (exact) mass is 314 g/mol. The van der Waals surface area contributed by atoms with Gasteiger partial charge in [0.2, 0.25) is 5.91 Å². The van der Waals surface area contributed by atoms with Crippen molar-refractivity contribution in [2.45, 2.75) is 25.3 Å². The predicted molar refractivity (Wildman–Crippen MR) is 84.5 cm³/mol. The average Bonchev–Trinajstić information content (AvgIpc) is 2.97. The fraction of sp³-hybridized carbons (Fsp3) is 0.533. The van der Waals surface area contributed by atoms with Crippen LogP contribution in [0, 0.1) is 0 Å². The zero-order valence-electron chi connectivity index (χ0n) is 12.5. The number of carbonyl (C=O) groups is 1. The molecule has 118 valence electrons. The maximum absolute atomic E-state index is 11.9. The topological polar surface area (TPSA) is 59.6 Å². The number of ether oxygens (including phenoxy) is 2. The minimum Gasteiger partial charge on any atom is -0.497 e. The van der Waals surface area contributed by atoms with Crippen molar-refractivity contribution in [1.82, 2.24) is 10.6 Å². The molecule has 1 aliphatic heterocycles. The van der Waals surface area contributed by atoms with Crippen molar-refractivity contribution >= 4 is 18.3 Å². The fourth-order valence-corrected chi connectivity index (χ4v) is 2.40. The molecule has 1 saturated heterocycles. The number of rotatable bonds is 6. The second kappa shape index (κ2) is 8.74. The summed E-state index contributed by atoms with van der Waals surface area (Å²) in [7, 11) is 3.26. The average molecular weight is 315 g/mol. The molecule has 1 aromatic carbocycles. The number of methoxy groups -OCH3 is 2. The van der Waals surface area contributed by atoms with Crippen LogP contribution in [0.4, 0.5) is 0 Å². The first-order valence-electron chi connectivity index (χ1n) is 6.94. The van der Waals surface area contributed by atoms with Crippen LogP contribution in [-0.4, -0.2) is 39.3 Å². The van der Waals surface area contributed by atoms with E-state index in [0.29, 0.717) is 12.8 Å². The molecule has 21 heavy (non-hydrogen) atoms. The summed E-state index contributed by atoms with van der Waals surface area (Å²) >= 11 is 0. The van der Waals surface area contributed by atoms with Crippen molar-refractivity contribution < 1.29 is 14.3 Å². The summed E-state index contributed by atoms with van der Waals surface area (Å²) in [6, 6.07) is 5.91. The molecule has 1 atom stereocenters. The number of benzene rings is 1. The van der Waals surface area contributed by atoms with Crippen LogP contribution in [0.15, 0.2) is 18.2 Å². The highest BCUT2D eigenvalue weighted by molar-refractivity contribution is 5.85. The van der Waals surface area contributed by atoms with E-state index in [9.17, 15) is 4.79 Å². The Hall–Kier alpha value is -1.46.